The van der Waals surface area contributed by atoms with E-state index < -0.39 is 12.2 Å². The molecule has 0 aliphatic carbocycles. The van der Waals surface area contributed by atoms with Crippen LogP contribution in [0.4, 0.5) is 21.9 Å². The maximum absolute atomic E-state index is 12.3. The molecule has 2 aromatic rings. The molecule has 0 aromatic heterocycles. The molecule has 0 radical (unpaired) electrons. The molecule has 3 rings (SSSR count). The van der Waals surface area contributed by atoms with E-state index in [1.165, 1.54) is 0 Å². The minimum atomic E-state index is -0.578. The average Bonchev–Trinajstić information content (AvgIpc) is 2.92. The highest BCUT2D eigenvalue weighted by Gasteiger charge is 2.33. The second kappa shape index (κ2) is 6.84. The van der Waals surface area contributed by atoms with E-state index in [-0.39, 0.29) is 12.3 Å². The van der Waals surface area contributed by atoms with Crippen LogP contribution in [0.25, 0.3) is 0 Å². The van der Waals surface area contributed by atoms with Gasteiger partial charge in [-0.1, -0.05) is 12.1 Å². The summed E-state index contributed by atoms with van der Waals surface area (Å²) in [6, 6.07) is 12.7. The van der Waals surface area contributed by atoms with Gasteiger partial charge in [-0.2, -0.15) is 0 Å². The van der Waals surface area contributed by atoms with E-state index >= 15 is 0 Å². The van der Waals surface area contributed by atoms with Gasteiger partial charge in [0.2, 0.25) is 5.91 Å². The van der Waals surface area contributed by atoms with E-state index in [0.29, 0.717) is 17.9 Å². The Morgan fingerprint density at radius 3 is 2.64 bits per heavy atom. The number of nitrogens with two attached hydrogens (primary N) is 1. The summed E-state index contributed by atoms with van der Waals surface area (Å²) in [5.41, 5.74) is 9.79. The number of carbonyl (C=O) groups excluding carboxylic acids is 2. The Labute approximate surface area is 146 Å². The molecule has 1 saturated heterocycles. The highest BCUT2D eigenvalue weighted by molar-refractivity contribution is 5.97. The monoisotopic (exact) mass is 339 g/mol. The molecule has 1 heterocycles. The van der Waals surface area contributed by atoms with E-state index in [9.17, 15) is 9.59 Å². The first kappa shape index (κ1) is 16.8. The van der Waals surface area contributed by atoms with Gasteiger partial charge in [-0.15, -0.1) is 0 Å². The number of anilines is 3. The number of rotatable bonds is 3. The summed E-state index contributed by atoms with van der Waals surface area (Å²) in [5, 5.41) is 2.64. The Morgan fingerprint density at radius 2 is 1.92 bits per heavy atom. The van der Waals surface area contributed by atoms with Crippen molar-refractivity contribution in [1.29, 1.82) is 0 Å². The largest absolute Gasteiger partial charge is 0.444 e. The van der Waals surface area contributed by atoms with E-state index in [1.807, 2.05) is 32.0 Å². The van der Waals surface area contributed by atoms with Crippen molar-refractivity contribution < 1.29 is 14.3 Å². The molecule has 0 bridgehead atoms. The minimum absolute atomic E-state index is 0.0426. The number of benzene rings is 2. The molecule has 1 aliphatic heterocycles. The Bertz CT molecular complexity index is 802. The quantitative estimate of drug-likeness (QED) is 0.841. The average molecular weight is 339 g/mol. The summed E-state index contributed by atoms with van der Waals surface area (Å²) in [6.07, 6.45) is -0.866. The van der Waals surface area contributed by atoms with Crippen LogP contribution in [0.2, 0.25) is 0 Å². The number of amides is 2. The van der Waals surface area contributed by atoms with Gasteiger partial charge in [0.1, 0.15) is 6.10 Å². The molecule has 25 heavy (non-hydrogen) atoms. The third-order valence-electron chi connectivity index (χ3n) is 4.18. The van der Waals surface area contributed by atoms with Crippen LogP contribution in [-0.2, 0) is 9.53 Å². The smallest absolute Gasteiger partial charge is 0.411 e. The maximum atomic E-state index is 12.3. The van der Waals surface area contributed by atoms with Crippen molar-refractivity contribution in [3.63, 3.8) is 0 Å². The molecule has 1 aliphatic rings. The zero-order chi connectivity index (χ0) is 18.0. The van der Waals surface area contributed by atoms with Crippen molar-refractivity contribution in [2.24, 2.45) is 0 Å². The molecule has 1 atom stereocenters. The number of nitrogen functional groups attached to an aromatic ring is 1. The third-order valence-corrected chi connectivity index (χ3v) is 4.18. The van der Waals surface area contributed by atoms with Gasteiger partial charge in [-0.05, 0) is 55.3 Å². The molecule has 130 valence electrons. The molecular weight excluding hydrogens is 318 g/mol. The lowest BCUT2D eigenvalue weighted by Gasteiger charge is -2.19. The molecule has 1 unspecified atom stereocenters. The number of aryl methyl sites for hydroxylation is 2. The second-order valence-corrected chi connectivity index (χ2v) is 6.27. The first-order valence-corrected chi connectivity index (χ1v) is 8.13. The predicted molar refractivity (Wildman–Crippen MR) is 97.6 cm³/mol. The van der Waals surface area contributed by atoms with Crippen LogP contribution >= 0.6 is 0 Å². The van der Waals surface area contributed by atoms with Crippen molar-refractivity contribution >= 4 is 29.1 Å². The SMILES string of the molecule is Cc1ccc(C)c(N2CC(OC(=O)Nc3ccc(N)cc3)CC2=O)c1. The Morgan fingerprint density at radius 1 is 1.20 bits per heavy atom. The zero-order valence-electron chi connectivity index (χ0n) is 14.3. The van der Waals surface area contributed by atoms with Crippen LogP contribution in [0, 0.1) is 13.8 Å². The van der Waals surface area contributed by atoms with Gasteiger partial charge in [0.25, 0.3) is 0 Å². The molecule has 6 heteroatoms. The Hall–Kier alpha value is -3.02. The lowest BCUT2D eigenvalue weighted by molar-refractivity contribution is -0.117. The van der Waals surface area contributed by atoms with Crippen LogP contribution in [0.5, 0.6) is 0 Å². The van der Waals surface area contributed by atoms with Crippen molar-refractivity contribution in [2.75, 3.05) is 22.5 Å². The summed E-state index contributed by atoms with van der Waals surface area (Å²) < 4.78 is 5.39. The molecule has 2 aromatic carbocycles. The van der Waals surface area contributed by atoms with Crippen molar-refractivity contribution in [2.45, 2.75) is 26.4 Å². The van der Waals surface area contributed by atoms with Crippen LogP contribution in [0.1, 0.15) is 17.5 Å². The fraction of sp³-hybridized carbons (Fsp3) is 0.263. The normalized spacial score (nSPS) is 16.8. The predicted octanol–water partition coefficient (Wildman–Crippen LogP) is 3.24. The first-order chi connectivity index (χ1) is 11.9. The van der Waals surface area contributed by atoms with Gasteiger partial charge in [-0.3, -0.25) is 10.1 Å². The van der Waals surface area contributed by atoms with Crippen LogP contribution in [0.3, 0.4) is 0 Å². The summed E-state index contributed by atoms with van der Waals surface area (Å²) in [7, 11) is 0. The molecule has 0 spiro atoms. The summed E-state index contributed by atoms with van der Waals surface area (Å²) in [6.45, 7) is 4.31. The maximum Gasteiger partial charge on any atom is 0.411 e. The summed E-state index contributed by atoms with van der Waals surface area (Å²) >= 11 is 0. The molecule has 2 amide bonds. The van der Waals surface area contributed by atoms with Crippen molar-refractivity contribution in [1.82, 2.24) is 0 Å². The van der Waals surface area contributed by atoms with E-state index in [1.54, 1.807) is 29.2 Å². The van der Waals surface area contributed by atoms with Gasteiger partial charge in [0, 0.05) is 17.1 Å². The van der Waals surface area contributed by atoms with Crippen LogP contribution in [0.15, 0.2) is 42.5 Å². The van der Waals surface area contributed by atoms with Gasteiger partial charge in [0.05, 0.1) is 13.0 Å². The van der Waals surface area contributed by atoms with E-state index in [4.69, 9.17) is 10.5 Å². The van der Waals surface area contributed by atoms with E-state index in [2.05, 4.69) is 5.32 Å². The Kier molecular flexibility index (Phi) is 4.61. The van der Waals surface area contributed by atoms with Gasteiger partial charge >= 0.3 is 6.09 Å². The highest BCUT2D eigenvalue weighted by Crippen LogP contribution is 2.27. The van der Waals surface area contributed by atoms with Crippen molar-refractivity contribution in [3.05, 3.63) is 53.6 Å². The van der Waals surface area contributed by atoms with E-state index in [0.717, 1.165) is 16.8 Å². The fourth-order valence-electron chi connectivity index (χ4n) is 2.86. The van der Waals surface area contributed by atoms with Gasteiger partial charge < -0.3 is 15.4 Å². The number of nitrogens with zero attached hydrogens (tertiary/aromatic N) is 1. The van der Waals surface area contributed by atoms with Crippen molar-refractivity contribution in [3.8, 4) is 0 Å². The number of ether oxygens (including phenoxy) is 1. The third kappa shape index (κ3) is 3.91. The molecule has 3 N–H and O–H groups in total. The van der Waals surface area contributed by atoms with Crippen LogP contribution in [-0.4, -0.2) is 24.6 Å². The van der Waals surface area contributed by atoms with Crippen LogP contribution < -0.4 is 16.0 Å². The number of nitrogens with one attached hydrogen (secondary N) is 1. The molecule has 1 fully saturated rings. The summed E-state index contributed by atoms with van der Waals surface area (Å²) in [5.74, 6) is -0.0426. The number of hydrogen-bond acceptors (Lipinski definition) is 4. The lowest BCUT2D eigenvalue weighted by Crippen LogP contribution is -2.28. The topological polar surface area (TPSA) is 84.7 Å². The molecule has 0 saturated carbocycles. The first-order valence-electron chi connectivity index (χ1n) is 8.13. The Balaban J connectivity index is 1.63. The fourth-order valence-corrected chi connectivity index (χ4v) is 2.86. The lowest BCUT2D eigenvalue weighted by atomic mass is 10.1. The standard InChI is InChI=1S/C19H21N3O3/c1-12-3-4-13(2)17(9-12)22-11-16(10-18(22)23)25-19(24)21-15-7-5-14(20)6-8-15/h3-9,16H,10-11,20H2,1-2H3,(H,21,24). The molecule has 6 nitrogen and oxygen atoms in total. The summed E-state index contributed by atoms with van der Waals surface area (Å²) in [4.78, 5) is 26.0. The number of hydrogen-bond donors (Lipinski definition) is 2. The minimum Gasteiger partial charge on any atom is -0.444 e. The van der Waals surface area contributed by atoms with Gasteiger partial charge in [-0.25, -0.2) is 4.79 Å². The highest BCUT2D eigenvalue weighted by atomic mass is 16.6. The second-order valence-electron chi connectivity index (χ2n) is 6.27. The molecular formula is C19H21N3O3. The number of carbonyl (C=O) groups is 2. The zero-order valence-corrected chi connectivity index (χ0v) is 14.3. The van der Waals surface area contributed by atoms with Gasteiger partial charge in [0.15, 0.2) is 0 Å².